The minimum absolute atomic E-state index is 0.179. The first-order valence-electron chi connectivity index (χ1n) is 5.24. The fraction of sp³-hybridized carbons (Fsp3) is 0.818. The van der Waals surface area contributed by atoms with E-state index in [4.69, 9.17) is 20.0 Å². The Morgan fingerprint density at radius 3 is 2.40 bits per heavy atom. The number of hydrogen-bond donors (Lipinski definition) is 0. The monoisotopic (exact) mass is 210 g/mol. The molecule has 1 atom stereocenters. The Bertz CT molecular complexity index is 218. The van der Waals surface area contributed by atoms with Gasteiger partial charge in [0.05, 0.1) is 44.3 Å². The lowest BCUT2D eigenvalue weighted by Crippen LogP contribution is -2.10. The molecule has 4 heteroatoms. The van der Waals surface area contributed by atoms with Gasteiger partial charge in [0, 0.05) is 6.61 Å². The summed E-state index contributed by atoms with van der Waals surface area (Å²) in [5.74, 6) is 0. The quantitative estimate of drug-likeness (QED) is 0.546. The second kappa shape index (κ2) is 11.0. The molecule has 0 N–H and O–H groups in total. The summed E-state index contributed by atoms with van der Waals surface area (Å²) < 4.78 is 10.6. The van der Waals surface area contributed by atoms with Crippen LogP contribution in [0.1, 0.15) is 32.6 Å². The Morgan fingerprint density at radius 2 is 1.73 bits per heavy atom. The third kappa shape index (κ3) is 10.8. The minimum Gasteiger partial charge on any atom is -0.380 e. The lowest BCUT2D eigenvalue weighted by atomic mass is 10.2. The Labute approximate surface area is 91.4 Å². The molecule has 15 heavy (non-hydrogen) atoms. The molecule has 0 radical (unpaired) electrons. The van der Waals surface area contributed by atoms with Crippen LogP contribution in [0.3, 0.4) is 0 Å². The highest BCUT2D eigenvalue weighted by molar-refractivity contribution is 4.68. The van der Waals surface area contributed by atoms with Gasteiger partial charge in [0.15, 0.2) is 0 Å². The maximum Gasteiger partial charge on any atom is 0.0645 e. The fourth-order valence-electron chi connectivity index (χ4n) is 1.08. The van der Waals surface area contributed by atoms with E-state index in [9.17, 15) is 0 Å². The van der Waals surface area contributed by atoms with Crippen LogP contribution in [-0.2, 0) is 9.47 Å². The van der Waals surface area contributed by atoms with Crippen molar-refractivity contribution in [2.45, 2.75) is 38.7 Å². The maximum absolute atomic E-state index is 8.30. The molecule has 0 rings (SSSR count). The second-order valence-corrected chi connectivity index (χ2v) is 3.25. The van der Waals surface area contributed by atoms with Gasteiger partial charge in [-0.05, 0) is 19.8 Å². The molecule has 0 bridgehead atoms. The average Bonchev–Trinajstić information content (AvgIpc) is 2.23. The average molecular weight is 210 g/mol. The Kier molecular flexibility index (Phi) is 10.2. The topological polar surface area (TPSA) is 66.0 Å². The summed E-state index contributed by atoms with van der Waals surface area (Å²) in [4.78, 5) is 0. The van der Waals surface area contributed by atoms with E-state index in [2.05, 4.69) is 0 Å². The summed E-state index contributed by atoms with van der Waals surface area (Å²) >= 11 is 0. The van der Waals surface area contributed by atoms with Gasteiger partial charge in [0.2, 0.25) is 0 Å². The van der Waals surface area contributed by atoms with Crippen molar-refractivity contribution in [2.24, 2.45) is 0 Å². The molecule has 84 valence electrons. The zero-order valence-electron chi connectivity index (χ0n) is 9.24. The predicted molar refractivity (Wildman–Crippen MR) is 55.9 cm³/mol. The zero-order chi connectivity index (χ0) is 11.4. The smallest absolute Gasteiger partial charge is 0.0645 e. The van der Waals surface area contributed by atoms with Gasteiger partial charge < -0.3 is 9.47 Å². The zero-order valence-corrected chi connectivity index (χ0v) is 9.24. The van der Waals surface area contributed by atoms with Crippen molar-refractivity contribution in [1.29, 1.82) is 10.5 Å². The SMILES string of the molecule is CC(CCCOCCC#N)OCCC#N. The van der Waals surface area contributed by atoms with E-state index in [-0.39, 0.29) is 6.10 Å². The molecular weight excluding hydrogens is 192 g/mol. The molecule has 0 aromatic rings. The summed E-state index contributed by atoms with van der Waals surface area (Å²) in [5, 5.41) is 16.6. The lowest BCUT2D eigenvalue weighted by Gasteiger charge is -2.11. The van der Waals surface area contributed by atoms with Crippen molar-refractivity contribution < 1.29 is 9.47 Å². The molecule has 0 fully saturated rings. The molecule has 0 spiro atoms. The largest absolute Gasteiger partial charge is 0.380 e. The highest BCUT2D eigenvalue weighted by Crippen LogP contribution is 2.02. The first-order valence-corrected chi connectivity index (χ1v) is 5.24. The second-order valence-electron chi connectivity index (χ2n) is 3.25. The van der Waals surface area contributed by atoms with E-state index in [1.165, 1.54) is 0 Å². The maximum atomic E-state index is 8.30. The van der Waals surface area contributed by atoms with Gasteiger partial charge in [-0.2, -0.15) is 10.5 Å². The molecule has 4 nitrogen and oxygen atoms in total. The van der Waals surface area contributed by atoms with E-state index >= 15 is 0 Å². The van der Waals surface area contributed by atoms with Crippen LogP contribution < -0.4 is 0 Å². The Balaban J connectivity index is 3.14. The van der Waals surface area contributed by atoms with Crippen LogP contribution >= 0.6 is 0 Å². The third-order valence-electron chi connectivity index (χ3n) is 1.87. The molecule has 0 heterocycles. The predicted octanol–water partition coefficient (Wildman–Crippen LogP) is 2.02. The molecule has 0 amide bonds. The van der Waals surface area contributed by atoms with Gasteiger partial charge in [-0.25, -0.2) is 0 Å². The van der Waals surface area contributed by atoms with Gasteiger partial charge in [-0.15, -0.1) is 0 Å². The van der Waals surface area contributed by atoms with Gasteiger partial charge >= 0.3 is 0 Å². The van der Waals surface area contributed by atoms with Gasteiger partial charge in [0.25, 0.3) is 0 Å². The van der Waals surface area contributed by atoms with Gasteiger partial charge in [0.1, 0.15) is 0 Å². The summed E-state index contributed by atoms with van der Waals surface area (Å²) in [6.07, 6.45) is 2.94. The number of hydrogen-bond acceptors (Lipinski definition) is 4. The van der Waals surface area contributed by atoms with E-state index in [1.54, 1.807) is 0 Å². The highest BCUT2D eigenvalue weighted by Gasteiger charge is 2.01. The minimum atomic E-state index is 0.179. The summed E-state index contributed by atoms with van der Waals surface area (Å²) in [7, 11) is 0. The van der Waals surface area contributed by atoms with Crippen molar-refractivity contribution in [2.75, 3.05) is 19.8 Å². The fourth-order valence-corrected chi connectivity index (χ4v) is 1.08. The van der Waals surface area contributed by atoms with E-state index in [0.717, 1.165) is 12.8 Å². The number of nitriles is 2. The van der Waals surface area contributed by atoms with E-state index < -0.39 is 0 Å². The standard InChI is InChI=1S/C11H18N2O2/c1-11(15-10-4-7-13)5-2-8-14-9-3-6-12/h11H,2-5,8-10H2,1H3. The van der Waals surface area contributed by atoms with Gasteiger partial charge in [-0.1, -0.05) is 0 Å². The Morgan fingerprint density at radius 1 is 1.07 bits per heavy atom. The summed E-state index contributed by atoms with van der Waals surface area (Å²) in [5.41, 5.74) is 0. The molecule has 0 saturated carbocycles. The number of ether oxygens (including phenoxy) is 2. The normalized spacial score (nSPS) is 11.7. The van der Waals surface area contributed by atoms with E-state index in [1.807, 2.05) is 19.1 Å². The molecule has 0 aromatic carbocycles. The molecule has 0 aliphatic carbocycles. The summed E-state index contributed by atoms with van der Waals surface area (Å²) in [6, 6.07) is 4.05. The molecule has 0 aliphatic heterocycles. The molecule has 1 unspecified atom stereocenters. The molecule has 0 aromatic heterocycles. The Hall–Kier alpha value is -1.10. The van der Waals surface area contributed by atoms with Crippen LogP contribution in [0, 0.1) is 22.7 Å². The first-order chi connectivity index (χ1) is 7.31. The van der Waals surface area contributed by atoms with Crippen LogP contribution in [-0.4, -0.2) is 25.9 Å². The van der Waals surface area contributed by atoms with E-state index in [0.29, 0.717) is 32.7 Å². The molecule has 0 aliphatic rings. The molecule has 0 saturated heterocycles. The van der Waals surface area contributed by atoms with Crippen molar-refractivity contribution >= 4 is 0 Å². The lowest BCUT2D eigenvalue weighted by molar-refractivity contribution is 0.0526. The van der Waals surface area contributed by atoms with Crippen LogP contribution in [0.2, 0.25) is 0 Å². The van der Waals surface area contributed by atoms with Crippen molar-refractivity contribution in [3.63, 3.8) is 0 Å². The van der Waals surface area contributed by atoms with Crippen LogP contribution in [0.15, 0.2) is 0 Å². The summed E-state index contributed by atoms with van der Waals surface area (Å²) in [6.45, 7) is 3.69. The van der Waals surface area contributed by atoms with Gasteiger partial charge in [-0.3, -0.25) is 0 Å². The highest BCUT2D eigenvalue weighted by atomic mass is 16.5. The number of nitrogens with zero attached hydrogens (tertiary/aromatic N) is 2. The number of rotatable bonds is 9. The first kappa shape index (κ1) is 13.9. The molecular formula is C11H18N2O2. The van der Waals surface area contributed by atoms with Crippen LogP contribution in [0.4, 0.5) is 0 Å². The third-order valence-corrected chi connectivity index (χ3v) is 1.87. The van der Waals surface area contributed by atoms with Crippen molar-refractivity contribution in [1.82, 2.24) is 0 Å². The van der Waals surface area contributed by atoms with Crippen LogP contribution in [0.5, 0.6) is 0 Å². The van der Waals surface area contributed by atoms with Crippen LogP contribution in [0.25, 0.3) is 0 Å². The van der Waals surface area contributed by atoms with Crippen molar-refractivity contribution in [3.05, 3.63) is 0 Å². The van der Waals surface area contributed by atoms with Crippen molar-refractivity contribution in [3.8, 4) is 12.1 Å².